The van der Waals surface area contributed by atoms with Gasteiger partial charge in [0, 0.05) is 17.3 Å². The standard InChI is InChI=1S/C20H16N4O2S/c1-12-3-8-15-17(11-12)27-20(22-15)13-4-6-14(7-5-13)21-19(25)16-9-10-18(26-2)24-23-16/h3-11H,1-2H3,(H,21,25). The lowest BCUT2D eigenvalue weighted by Crippen LogP contribution is -2.14. The fourth-order valence-corrected chi connectivity index (χ4v) is 3.67. The van der Waals surface area contributed by atoms with Crippen molar-refractivity contribution in [3.63, 3.8) is 0 Å². The summed E-state index contributed by atoms with van der Waals surface area (Å²) in [6, 6.07) is 17.0. The highest BCUT2D eigenvalue weighted by atomic mass is 32.1. The molecule has 0 aliphatic heterocycles. The Morgan fingerprint density at radius 3 is 2.56 bits per heavy atom. The van der Waals surface area contributed by atoms with E-state index in [1.54, 1.807) is 23.5 Å². The molecule has 4 aromatic rings. The lowest BCUT2D eigenvalue weighted by Gasteiger charge is -2.05. The summed E-state index contributed by atoms with van der Waals surface area (Å²) in [6.07, 6.45) is 0. The zero-order valence-corrected chi connectivity index (χ0v) is 15.6. The summed E-state index contributed by atoms with van der Waals surface area (Å²) >= 11 is 1.66. The van der Waals surface area contributed by atoms with Crippen LogP contribution >= 0.6 is 11.3 Å². The van der Waals surface area contributed by atoms with E-state index in [0.717, 1.165) is 16.1 Å². The van der Waals surface area contributed by atoms with E-state index in [4.69, 9.17) is 4.74 Å². The van der Waals surface area contributed by atoms with Gasteiger partial charge in [-0.2, -0.15) is 0 Å². The minimum Gasteiger partial charge on any atom is -0.480 e. The normalized spacial score (nSPS) is 10.7. The number of thiazole rings is 1. The highest BCUT2D eigenvalue weighted by Gasteiger charge is 2.10. The lowest BCUT2D eigenvalue weighted by molar-refractivity contribution is 0.102. The van der Waals surface area contributed by atoms with E-state index in [1.165, 1.54) is 17.4 Å². The van der Waals surface area contributed by atoms with Crippen molar-refractivity contribution in [1.82, 2.24) is 15.2 Å². The van der Waals surface area contributed by atoms with Crippen molar-refractivity contribution in [3.05, 3.63) is 65.9 Å². The zero-order valence-electron chi connectivity index (χ0n) is 14.8. The summed E-state index contributed by atoms with van der Waals surface area (Å²) in [5, 5.41) is 11.4. The number of carbonyl (C=O) groups excluding carboxylic acids is 1. The maximum absolute atomic E-state index is 12.3. The molecule has 2 heterocycles. The molecule has 0 radical (unpaired) electrons. The minimum absolute atomic E-state index is 0.224. The van der Waals surface area contributed by atoms with Crippen molar-refractivity contribution in [2.75, 3.05) is 12.4 Å². The molecule has 134 valence electrons. The van der Waals surface area contributed by atoms with Gasteiger partial charge in [0.15, 0.2) is 5.69 Å². The third kappa shape index (κ3) is 3.63. The molecule has 1 N–H and O–H groups in total. The first-order valence-electron chi connectivity index (χ1n) is 8.29. The Hall–Kier alpha value is -3.32. The maximum atomic E-state index is 12.3. The number of amides is 1. The molecule has 0 saturated carbocycles. The largest absolute Gasteiger partial charge is 0.480 e. The number of hydrogen-bond acceptors (Lipinski definition) is 6. The molecule has 4 rings (SSSR count). The maximum Gasteiger partial charge on any atom is 0.276 e. The smallest absolute Gasteiger partial charge is 0.276 e. The quantitative estimate of drug-likeness (QED) is 0.574. The zero-order chi connectivity index (χ0) is 18.8. The molecule has 0 atom stereocenters. The van der Waals surface area contributed by atoms with Gasteiger partial charge in [0.1, 0.15) is 5.01 Å². The molecule has 27 heavy (non-hydrogen) atoms. The Labute approximate surface area is 159 Å². The van der Waals surface area contributed by atoms with Crippen LogP contribution in [0.15, 0.2) is 54.6 Å². The van der Waals surface area contributed by atoms with Crippen molar-refractivity contribution in [1.29, 1.82) is 0 Å². The Bertz CT molecular complexity index is 1110. The summed E-state index contributed by atoms with van der Waals surface area (Å²) in [7, 11) is 1.50. The van der Waals surface area contributed by atoms with Crippen LogP contribution in [0.2, 0.25) is 0 Å². The summed E-state index contributed by atoms with van der Waals surface area (Å²) < 4.78 is 6.11. The van der Waals surface area contributed by atoms with Gasteiger partial charge in [-0.05, 0) is 55.0 Å². The molecule has 0 saturated heterocycles. The van der Waals surface area contributed by atoms with Crippen LogP contribution in [0.1, 0.15) is 16.1 Å². The highest BCUT2D eigenvalue weighted by Crippen LogP contribution is 2.31. The van der Waals surface area contributed by atoms with Gasteiger partial charge in [0.05, 0.1) is 17.3 Å². The highest BCUT2D eigenvalue weighted by molar-refractivity contribution is 7.21. The molecule has 0 fully saturated rings. The number of ether oxygens (including phenoxy) is 1. The third-order valence-corrected chi connectivity index (χ3v) is 5.08. The Morgan fingerprint density at radius 1 is 1.04 bits per heavy atom. The second-order valence-electron chi connectivity index (χ2n) is 5.98. The predicted molar refractivity (Wildman–Crippen MR) is 106 cm³/mol. The van der Waals surface area contributed by atoms with Crippen LogP contribution in [-0.2, 0) is 0 Å². The van der Waals surface area contributed by atoms with Crippen LogP contribution < -0.4 is 10.1 Å². The van der Waals surface area contributed by atoms with E-state index in [0.29, 0.717) is 11.6 Å². The van der Waals surface area contributed by atoms with Crippen molar-refractivity contribution in [2.24, 2.45) is 0 Å². The van der Waals surface area contributed by atoms with Gasteiger partial charge in [0.2, 0.25) is 5.88 Å². The van der Waals surface area contributed by atoms with E-state index >= 15 is 0 Å². The van der Waals surface area contributed by atoms with E-state index < -0.39 is 0 Å². The molecule has 0 aliphatic carbocycles. The van der Waals surface area contributed by atoms with Crippen LogP contribution in [-0.4, -0.2) is 28.2 Å². The summed E-state index contributed by atoms with van der Waals surface area (Å²) in [5.41, 5.74) is 4.13. The molecule has 0 aliphatic rings. The Kier molecular flexibility index (Phi) is 4.52. The first-order chi connectivity index (χ1) is 13.1. The third-order valence-electron chi connectivity index (χ3n) is 4.02. The van der Waals surface area contributed by atoms with Crippen molar-refractivity contribution >= 4 is 33.1 Å². The van der Waals surface area contributed by atoms with Crippen LogP contribution in [0.3, 0.4) is 0 Å². The van der Waals surface area contributed by atoms with Crippen molar-refractivity contribution < 1.29 is 9.53 Å². The van der Waals surface area contributed by atoms with Gasteiger partial charge in [-0.3, -0.25) is 4.79 Å². The van der Waals surface area contributed by atoms with Gasteiger partial charge in [-0.1, -0.05) is 6.07 Å². The molecule has 0 unspecified atom stereocenters. The number of aromatic nitrogens is 3. The number of methoxy groups -OCH3 is 1. The molecular formula is C20H16N4O2S. The average molecular weight is 376 g/mol. The number of benzene rings is 2. The number of fused-ring (bicyclic) bond motifs is 1. The van der Waals surface area contributed by atoms with Crippen molar-refractivity contribution in [2.45, 2.75) is 6.92 Å². The van der Waals surface area contributed by atoms with Crippen LogP contribution in [0.5, 0.6) is 5.88 Å². The molecule has 7 heteroatoms. The number of nitrogens with zero attached hydrogens (tertiary/aromatic N) is 3. The summed E-state index contributed by atoms with van der Waals surface area (Å²) in [6.45, 7) is 2.07. The topological polar surface area (TPSA) is 77.0 Å². The Morgan fingerprint density at radius 2 is 1.85 bits per heavy atom. The lowest BCUT2D eigenvalue weighted by atomic mass is 10.2. The second-order valence-corrected chi connectivity index (χ2v) is 7.01. The first-order valence-corrected chi connectivity index (χ1v) is 9.11. The molecule has 0 spiro atoms. The molecule has 2 aromatic carbocycles. The molecule has 2 aromatic heterocycles. The number of rotatable bonds is 4. The van der Waals surface area contributed by atoms with Gasteiger partial charge < -0.3 is 10.1 Å². The number of carbonyl (C=O) groups is 1. The SMILES string of the molecule is COc1ccc(C(=O)Nc2ccc(-c3nc4ccc(C)cc4s3)cc2)nn1. The van der Waals surface area contributed by atoms with Gasteiger partial charge in [0.25, 0.3) is 5.91 Å². The van der Waals surface area contributed by atoms with E-state index in [1.807, 2.05) is 30.3 Å². The van der Waals surface area contributed by atoms with Crippen LogP contribution in [0.25, 0.3) is 20.8 Å². The van der Waals surface area contributed by atoms with Gasteiger partial charge in [-0.15, -0.1) is 21.5 Å². The molecular weight excluding hydrogens is 360 g/mol. The Balaban J connectivity index is 1.51. The molecule has 1 amide bonds. The van der Waals surface area contributed by atoms with Gasteiger partial charge in [-0.25, -0.2) is 4.98 Å². The number of anilines is 1. The number of nitrogens with one attached hydrogen (secondary N) is 1. The van der Waals surface area contributed by atoms with E-state index in [9.17, 15) is 4.79 Å². The van der Waals surface area contributed by atoms with Gasteiger partial charge >= 0.3 is 0 Å². The average Bonchev–Trinajstić information content (AvgIpc) is 3.11. The van der Waals surface area contributed by atoms with E-state index in [-0.39, 0.29) is 11.6 Å². The predicted octanol–water partition coefficient (Wildman–Crippen LogP) is 4.32. The summed E-state index contributed by atoms with van der Waals surface area (Å²) in [4.78, 5) is 16.9. The number of hydrogen-bond donors (Lipinski definition) is 1. The van der Waals surface area contributed by atoms with Crippen LogP contribution in [0, 0.1) is 6.92 Å². The minimum atomic E-state index is -0.326. The van der Waals surface area contributed by atoms with Crippen molar-refractivity contribution in [3.8, 4) is 16.5 Å². The number of aryl methyl sites for hydroxylation is 1. The fourth-order valence-electron chi connectivity index (χ4n) is 2.60. The van der Waals surface area contributed by atoms with Crippen LogP contribution in [0.4, 0.5) is 5.69 Å². The fraction of sp³-hybridized carbons (Fsp3) is 0.100. The molecule has 0 bridgehead atoms. The second kappa shape index (κ2) is 7.13. The first kappa shape index (κ1) is 17.1. The summed E-state index contributed by atoms with van der Waals surface area (Å²) in [5.74, 6) is 0.0373. The van der Waals surface area contributed by atoms with E-state index in [2.05, 4.69) is 39.6 Å². The molecule has 6 nitrogen and oxygen atoms in total. The monoisotopic (exact) mass is 376 g/mol.